The predicted molar refractivity (Wildman–Crippen MR) is 86.2 cm³/mol. The molecule has 0 spiro atoms. The van der Waals surface area contributed by atoms with E-state index in [1.54, 1.807) is 0 Å². The highest BCUT2D eigenvalue weighted by Gasteiger charge is 2.18. The fourth-order valence-corrected chi connectivity index (χ4v) is 2.28. The van der Waals surface area contributed by atoms with Crippen LogP contribution in [0.5, 0.6) is 0 Å². The smallest absolute Gasteiger partial charge is 0.251 e. The number of hydrogen-bond acceptors (Lipinski definition) is 2. The summed E-state index contributed by atoms with van der Waals surface area (Å²) in [6.45, 7) is 0. The fraction of sp³-hybridized carbons (Fsp3) is 0.222. The summed E-state index contributed by atoms with van der Waals surface area (Å²) in [5.74, 6) is -1.43. The molecule has 4 nitrogen and oxygen atoms in total. The van der Waals surface area contributed by atoms with Crippen LogP contribution in [0.4, 0.5) is 4.39 Å². The van der Waals surface area contributed by atoms with Crippen molar-refractivity contribution in [1.82, 2.24) is 5.32 Å². The highest BCUT2D eigenvalue weighted by Crippen LogP contribution is 2.08. The molecule has 2 amide bonds. The number of hydrogen-bond donors (Lipinski definition) is 2. The Kier molecular flexibility index (Phi) is 5.86. The van der Waals surface area contributed by atoms with Crippen LogP contribution in [0.2, 0.25) is 0 Å². The van der Waals surface area contributed by atoms with Gasteiger partial charge in [-0.25, -0.2) is 4.39 Å². The molecule has 120 valence electrons. The van der Waals surface area contributed by atoms with Crippen molar-refractivity contribution >= 4 is 11.8 Å². The number of carbonyl (C=O) groups excluding carboxylic acids is 2. The molecule has 5 heteroatoms. The Labute approximate surface area is 134 Å². The number of nitrogens with two attached hydrogens (primary N) is 1. The second kappa shape index (κ2) is 8.08. The quantitative estimate of drug-likeness (QED) is 0.824. The molecule has 0 aliphatic carbocycles. The molecule has 3 N–H and O–H groups in total. The van der Waals surface area contributed by atoms with E-state index in [1.807, 2.05) is 30.3 Å². The van der Waals surface area contributed by atoms with E-state index < -0.39 is 23.7 Å². The van der Waals surface area contributed by atoms with Gasteiger partial charge in [-0.15, -0.1) is 0 Å². The first kappa shape index (κ1) is 16.7. The molecular formula is C18H19FN2O2. The third-order valence-electron chi connectivity index (χ3n) is 3.56. The lowest BCUT2D eigenvalue weighted by Crippen LogP contribution is -2.44. The van der Waals surface area contributed by atoms with E-state index in [9.17, 15) is 14.0 Å². The molecule has 0 bridgehead atoms. The summed E-state index contributed by atoms with van der Waals surface area (Å²) in [5.41, 5.74) is 6.81. The van der Waals surface area contributed by atoms with Crippen molar-refractivity contribution in [2.45, 2.75) is 25.3 Å². The van der Waals surface area contributed by atoms with Crippen LogP contribution < -0.4 is 11.1 Å². The van der Waals surface area contributed by atoms with Gasteiger partial charge in [0, 0.05) is 5.56 Å². The minimum atomic E-state index is -0.740. The lowest BCUT2D eigenvalue weighted by atomic mass is 10.0. The average molecular weight is 314 g/mol. The zero-order chi connectivity index (χ0) is 16.7. The number of rotatable bonds is 7. The average Bonchev–Trinajstić information content (AvgIpc) is 2.55. The van der Waals surface area contributed by atoms with E-state index in [1.165, 1.54) is 29.8 Å². The molecule has 0 aromatic heterocycles. The summed E-state index contributed by atoms with van der Waals surface area (Å²) in [5, 5.41) is 2.60. The first-order valence-corrected chi connectivity index (χ1v) is 7.46. The molecule has 1 atom stereocenters. The van der Waals surface area contributed by atoms with Crippen molar-refractivity contribution in [1.29, 1.82) is 0 Å². The van der Waals surface area contributed by atoms with Crippen LogP contribution in [0.3, 0.4) is 0 Å². The topological polar surface area (TPSA) is 72.2 Å². The Hall–Kier alpha value is -2.69. The van der Waals surface area contributed by atoms with Crippen LogP contribution in [0.1, 0.15) is 28.8 Å². The Morgan fingerprint density at radius 3 is 2.30 bits per heavy atom. The fourth-order valence-electron chi connectivity index (χ4n) is 2.28. The van der Waals surface area contributed by atoms with Crippen LogP contribution in [-0.2, 0) is 11.2 Å². The zero-order valence-electron chi connectivity index (χ0n) is 12.7. The van der Waals surface area contributed by atoms with E-state index >= 15 is 0 Å². The number of halogens is 1. The van der Waals surface area contributed by atoms with Gasteiger partial charge in [0.15, 0.2) is 0 Å². The summed E-state index contributed by atoms with van der Waals surface area (Å²) >= 11 is 0. The third kappa shape index (κ3) is 5.21. The van der Waals surface area contributed by atoms with Gasteiger partial charge in [-0.1, -0.05) is 30.3 Å². The highest BCUT2D eigenvalue weighted by molar-refractivity contribution is 5.97. The third-order valence-corrected chi connectivity index (χ3v) is 3.56. The van der Waals surface area contributed by atoms with Crippen molar-refractivity contribution < 1.29 is 14.0 Å². The molecule has 23 heavy (non-hydrogen) atoms. The summed E-state index contributed by atoms with van der Waals surface area (Å²) in [7, 11) is 0. The minimum absolute atomic E-state index is 0.292. The van der Waals surface area contributed by atoms with Crippen molar-refractivity contribution in [3.63, 3.8) is 0 Å². The minimum Gasteiger partial charge on any atom is -0.368 e. The molecule has 2 rings (SSSR count). The Balaban J connectivity index is 1.89. The zero-order valence-corrected chi connectivity index (χ0v) is 12.7. The number of amides is 2. The van der Waals surface area contributed by atoms with Gasteiger partial charge in [0.05, 0.1) is 0 Å². The van der Waals surface area contributed by atoms with E-state index in [-0.39, 0.29) is 0 Å². The van der Waals surface area contributed by atoms with Gasteiger partial charge in [0.1, 0.15) is 11.9 Å². The van der Waals surface area contributed by atoms with E-state index in [4.69, 9.17) is 5.73 Å². The largest absolute Gasteiger partial charge is 0.368 e. The summed E-state index contributed by atoms with van der Waals surface area (Å²) in [6, 6.07) is 14.3. The number of primary amides is 1. The number of carbonyl (C=O) groups is 2. The standard InChI is InChI=1S/C18H19FN2O2/c19-15-11-9-14(10-12-15)18(23)21-16(17(20)22)8-4-7-13-5-2-1-3-6-13/h1-3,5-6,9-12,16H,4,7-8H2,(H2,20,22)(H,21,23)/t16-/m1/s1. The van der Waals surface area contributed by atoms with Crippen molar-refractivity contribution in [2.24, 2.45) is 5.73 Å². The van der Waals surface area contributed by atoms with Crippen LogP contribution in [0.25, 0.3) is 0 Å². The first-order valence-electron chi connectivity index (χ1n) is 7.46. The molecule has 2 aromatic rings. The maximum absolute atomic E-state index is 12.9. The summed E-state index contributed by atoms with van der Waals surface area (Å²) in [6.07, 6.45) is 1.98. The van der Waals surface area contributed by atoms with Crippen molar-refractivity contribution in [2.75, 3.05) is 0 Å². The molecule has 0 fully saturated rings. The molecule has 0 saturated heterocycles. The summed E-state index contributed by atoms with van der Waals surface area (Å²) < 4.78 is 12.9. The Bertz CT molecular complexity index is 656. The Morgan fingerprint density at radius 1 is 1.04 bits per heavy atom. The SMILES string of the molecule is NC(=O)[C@@H](CCCc1ccccc1)NC(=O)c1ccc(F)cc1. The monoisotopic (exact) mass is 314 g/mol. The highest BCUT2D eigenvalue weighted by atomic mass is 19.1. The predicted octanol–water partition coefficient (Wildman–Crippen LogP) is 2.43. The lowest BCUT2D eigenvalue weighted by molar-refractivity contribution is -0.120. The van der Waals surface area contributed by atoms with Gasteiger partial charge in [-0.2, -0.15) is 0 Å². The molecule has 0 saturated carbocycles. The van der Waals surface area contributed by atoms with Crippen LogP contribution in [0, 0.1) is 5.82 Å². The number of benzene rings is 2. The van der Waals surface area contributed by atoms with Gasteiger partial charge in [0.2, 0.25) is 5.91 Å². The molecular weight excluding hydrogens is 295 g/mol. The molecule has 0 radical (unpaired) electrons. The van der Waals surface area contributed by atoms with Crippen LogP contribution in [-0.4, -0.2) is 17.9 Å². The normalized spacial score (nSPS) is 11.7. The lowest BCUT2D eigenvalue weighted by Gasteiger charge is -2.15. The summed E-state index contributed by atoms with van der Waals surface area (Å²) in [4.78, 5) is 23.6. The molecule has 0 aliphatic rings. The van der Waals surface area contributed by atoms with Gasteiger partial charge in [-0.3, -0.25) is 9.59 Å². The number of aryl methyl sites for hydroxylation is 1. The molecule has 0 aliphatic heterocycles. The maximum atomic E-state index is 12.9. The van der Waals surface area contributed by atoms with Crippen molar-refractivity contribution in [3.05, 3.63) is 71.5 Å². The molecule has 0 heterocycles. The second-order valence-electron chi connectivity index (χ2n) is 5.31. The van der Waals surface area contributed by atoms with E-state index in [0.29, 0.717) is 12.0 Å². The first-order chi connectivity index (χ1) is 11.1. The van der Waals surface area contributed by atoms with Crippen LogP contribution >= 0.6 is 0 Å². The second-order valence-corrected chi connectivity index (χ2v) is 5.31. The van der Waals surface area contributed by atoms with Gasteiger partial charge in [-0.05, 0) is 49.1 Å². The van der Waals surface area contributed by atoms with E-state index in [0.717, 1.165) is 12.8 Å². The number of nitrogens with one attached hydrogen (secondary N) is 1. The molecule has 0 unspecified atom stereocenters. The Morgan fingerprint density at radius 2 is 1.70 bits per heavy atom. The maximum Gasteiger partial charge on any atom is 0.251 e. The molecule has 2 aromatic carbocycles. The van der Waals surface area contributed by atoms with Gasteiger partial charge >= 0.3 is 0 Å². The van der Waals surface area contributed by atoms with Crippen molar-refractivity contribution in [3.8, 4) is 0 Å². The van der Waals surface area contributed by atoms with Gasteiger partial charge in [0.25, 0.3) is 5.91 Å². The van der Waals surface area contributed by atoms with Gasteiger partial charge < -0.3 is 11.1 Å². The van der Waals surface area contributed by atoms with E-state index in [2.05, 4.69) is 5.32 Å². The van der Waals surface area contributed by atoms with Crippen LogP contribution in [0.15, 0.2) is 54.6 Å².